The van der Waals surface area contributed by atoms with Crippen LogP contribution < -0.4 is 4.74 Å². The molecule has 0 atom stereocenters. The van der Waals surface area contributed by atoms with Crippen molar-refractivity contribution in [3.05, 3.63) is 69.8 Å². The minimum Gasteiger partial charge on any atom is -0.494 e. The van der Waals surface area contributed by atoms with Gasteiger partial charge in [0.25, 0.3) is 0 Å². The first-order valence-corrected chi connectivity index (χ1v) is 10.2. The fourth-order valence-electron chi connectivity index (χ4n) is 2.68. The minimum absolute atomic E-state index is 0.486. The lowest BCUT2D eigenvalue weighted by atomic mass is 10.2. The molecule has 7 heteroatoms. The van der Waals surface area contributed by atoms with E-state index in [1.807, 2.05) is 53.9 Å². The van der Waals surface area contributed by atoms with Crippen LogP contribution in [0.3, 0.4) is 0 Å². The van der Waals surface area contributed by atoms with E-state index < -0.39 is 0 Å². The smallest absolute Gasteiger partial charge is 0.233 e. The van der Waals surface area contributed by atoms with E-state index >= 15 is 0 Å². The number of thiazole rings is 1. The Hall–Kier alpha value is -2.70. The molecule has 0 N–H and O–H groups in total. The van der Waals surface area contributed by atoms with Crippen LogP contribution in [0, 0.1) is 0 Å². The first-order valence-electron chi connectivity index (χ1n) is 8.98. The van der Waals surface area contributed by atoms with E-state index in [0.717, 1.165) is 34.0 Å². The summed E-state index contributed by atoms with van der Waals surface area (Å²) in [5, 5.41) is 7.65. The predicted molar refractivity (Wildman–Crippen MR) is 111 cm³/mol. The predicted octanol–water partition coefficient (Wildman–Crippen LogP) is 5.89. The van der Waals surface area contributed by atoms with Crippen molar-refractivity contribution < 1.29 is 9.26 Å². The highest BCUT2D eigenvalue weighted by Gasteiger charge is 2.13. The summed E-state index contributed by atoms with van der Waals surface area (Å²) in [6.45, 7) is 2.78. The van der Waals surface area contributed by atoms with Crippen LogP contribution >= 0.6 is 22.9 Å². The number of aromatic nitrogens is 3. The van der Waals surface area contributed by atoms with Crippen molar-refractivity contribution in [2.45, 2.75) is 19.8 Å². The second-order valence-electron chi connectivity index (χ2n) is 6.17. The van der Waals surface area contributed by atoms with Gasteiger partial charge in [-0.2, -0.15) is 4.98 Å². The molecule has 0 spiro atoms. The van der Waals surface area contributed by atoms with Gasteiger partial charge in [-0.25, -0.2) is 4.98 Å². The first-order chi connectivity index (χ1) is 13.7. The zero-order valence-electron chi connectivity index (χ0n) is 15.3. The molecule has 0 amide bonds. The van der Waals surface area contributed by atoms with Crippen molar-refractivity contribution >= 4 is 22.9 Å². The lowest BCUT2D eigenvalue weighted by Crippen LogP contribution is -1.94. The third-order valence-corrected chi connectivity index (χ3v) is 5.24. The third kappa shape index (κ3) is 4.24. The number of benzene rings is 2. The molecule has 142 valence electrons. The monoisotopic (exact) mass is 411 g/mol. The summed E-state index contributed by atoms with van der Waals surface area (Å²) < 4.78 is 11.0. The van der Waals surface area contributed by atoms with E-state index in [2.05, 4.69) is 22.0 Å². The van der Waals surface area contributed by atoms with Gasteiger partial charge in [0.1, 0.15) is 10.8 Å². The molecule has 0 aliphatic heterocycles. The Morgan fingerprint density at radius 2 is 1.89 bits per heavy atom. The number of nitrogens with zero attached hydrogens (tertiary/aromatic N) is 3. The standard InChI is InChI=1S/C21H18ClN3O2S/c1-2-11-26-15-9-7-14(8-10-15)21-24-19(27-25-21)12-20-23-18(13-28-20)16-5-3-4-6-17(16)22/h3-10,13H,2,11-12H2,1H3. The second-order valence-corrected chi connectivity index (χ2v) is 7.52. The van der Waals surface area contributed by atoms with Crippen molar-refractivity contribution in [2.24, 2.45) is 0 Å². The average Bonchev–Trinajstić information content (AvgIpc) is 3.37. The van der Waals surface area contributed by atoms with Crippen molar-refractivity contribution in [3.63, 3.8) is 0 Å². The van der Waals surface area contributed by atoms with Crippen molar-refractivity contribution in [2.75, 3.05) is 6.61 Å². The summed E-state index contributed by atoms with van der Waals surface area (Å²) in [4.78, 5) is 9.14. The van der Waals surface area contributed by atoms with E-state index in [1.54, 1.807) is 11.3 Å². The van der Waals surface area contributed by atoms with Crippen LogP contribution in [0.1, 0.15) is 24.2 Å². The highest BCUT2D eigenvalue weighted by atomic mass is 35.5. The first kappa shape index (κ1) is 18.7. The SMILES string of the molecule is CCCOc1ccc(-c2noc(Cc3nc(-c4ccccc4Cl)cs3)n2)cc1. The fourth-order valence-corrected chi connectivity index (χ4v) is 3.70. The van der Waals surface area contributed by atoms with E-state index in [-0.39, 0.29) is 0 Å². The summed E-state index contributed by atoms with van der Waals surface area (Å²) in [7, 11) is 0. The molecule has 0 saturated heterocycles. The normalized spacial score (nSPS) is 10.9. The molecule has 0 aliphatic rings. The number of hydrogen-bond donors (Lipinski definition) is 0. The number of halogens is 1. The van der Waals surface area contributed by atoms with Crippen LogP contribution in [0.4, 0.5) is 0 Å². The molecule has 28 heavy (non-hydrogen) atoms. The Balaban J connectivity index is 1.46. The van der Waals surface area contributed by atoms with E-state index in [4.69, 9.17) is 20.9 Å². The highest BCUT2D eigenvalue weighted by Crippen LogP contribution is 2.29. The number of rotatable bonds is 7. The van der Waals surface area contributed by atoms with Crippen molar-refractivity contribution in [3.8, 4) is 28.4 Å². The summed E-state index contributed by atoms with van der Waals surface area (Å²) in [5.74, 6) is 1.92. The van der Waals surface area contributed by atoms with Gasteiger partial charge in [0, 0.05) is 21.5 Å². The van der Waals surface area contributed by atoms with Gasteiger partial charge in [-0.1, -0.05) is 41.9 Å². The highest BCUT2D eigenvalue weighted by molar-refractivity contribution is 7.10. The molecule has 0 radical (unpaired) electrons. The quantitative estimate of drug-likeness (QED) is 0.379. The van der Waals surface area contributed by atoms with Crippen LogP contribution in [-0.2, 0) is 6.42 Å². The Labute approximate surface area is 172 Å². The summed E-state index contributed by atoms with van der Waals surface area (Å²) >= 11 is 7.80. The van der Waals surface area contributed by atoms with Gasteiger partial charge in [-0.05, 0) is 36.8 Å². The summed E-state index contributed by atoms with van der Waals surface area (Å²) in [6.07, 6.45) is 1.46. The van der Waals surface area contributed by atoms with Gasteiger partial charge in [0.05, 0.1) is 18.7 Å². The average molecular weight is 412 g/mol. The second kappa shape index (κ2) is 8.54. The molecular formula is C21H18ClN3O2S. The molecule has 0 aliphatic carbocycles. The molecule has 0 fully saturated rings. The van der Waals surface area contributed by atoms with Crippen LogP contribution in [0.15, 0.2) is 58.4 Å². The molecular weight excluding hydrogens is 394 g/mol. The van der Waals surface area contributed by atoms with Gasteiger partial charge in [0.2, 0.25) is 11.7 Å². The molecule has 4 rings (SSSR count). The van der Waals surface area contributed by atoms with E-state index in [0.29, 0.717) is 29.8 Å². The van der Waals surface area contributed by atoms with Crippen molar-refractivity contribution in [1.29, 1.82) is 0 Å². The molecule has 2 aromatic carbocycles. The van der Waals surface area contributed by atoms with E-state index in [9.17, 15) is 0 Å². The van der Waals surface area contributed by atoms with Crippen molar-refractivity contribution in [1.82, 2.24) is 15.1 Å². The maximum Gasteiger partial charge on any atom is 0.233 e. The van der Waals surface area contributed by atoms with Gasteiger partial charge >= 0.3 is 0 Å². The Bertz CT molecular complexity index is 1060. The molecule has 0 bridgehead atoms. The summed E-state index contributed by atoms with van der Waals surface area (Å²) in [5.41, 5.74) is 2.66. The Morgan fingerprint density at radius 1 is 1.07 bits per heavy atom. The minimum atomic E-state index is 0.486. The molecule has 2 aromatic heterocycles. The lowest BCUT2D eigenvalue weighted by molar-refractivity contribution is 0.317. The third-order valence-electron chi connectivity index (χ3n) is 4.06. The molecule has 5 nitrogen and oxygen atoms in total. The molecule has 2 heterocycles. The summed E-state index contributed by atoms with van der Waals surface area (Å²) in [6, 6.07) is 15.4. The fraction of sp³-hybridized carbons (Fsp3) is 0.190. The Kier molecular flexibility index (Phi) is 5.69. The van der Waals surface area contributed by atoms with Crippen LogP contribution in [0.25, 0.3) is 22.6 Å². The number of hydrogen-bond acceptors (Lipinski definition) is 6. The maximum absolute atomic E-state index is 6.25. The zero-order chi connectivity index (χ0) is 19.3. The van der Waals surface area contributed by atoms with Crippen LogP contribution in [0.2, 0.25) is 5.02 Å². The van der Waals surface area contributed by atoms with Gasteiger partial charge < -0.3 is 9.26 Å². The largest absolute Gasteiger partial charge is 0.494 e. The Morgan fingerprint density at radius 3 is 2.68 bits per heavy atom. The van der Waals surface area contributed by atoms with Gasteiger partial charge in [-0.3, -0.25) is 0 Å². The zero-order valence-corrected chi connectivity index (χ0v) is 16.8. The molecule has 0 saturated carbocycles. The topological polar surface area (TPSA) is 61.0 Å². The van der Waals surface area contributed by atoms with Gasteiger partial charge in [0.15, 0.2) is 0 Å². The molecule has 4 aromatic rings. The maximum atomic E-state index is 6.25. The van der Waals surface area contributed by atoms with Gasteiger partial charge in [-0.15, -0.1) is 11.3 Å². The molecule has 0 unspecified atom stereocenters. The number of ether oxygens (including phenoxy) is 1. The van der Waals surface area contributed by atoms with Crippen LogP contribution in [-0.4, -0.2) is 21.7 Å². The van der Waals surface area contributed by atoms with E-state index in [1.165, 1.54) is 0 Å². The van der Waals surface area contributed by atoms with Crippen LogP contribution in [0.5, 0.6) is 5.75 Å². The lowest BCUT2D eigenvalue weighted by Gasteiger charge is -2.03.